The van der Waals surface area contributed by atoms with Gasteiger partial charge in [0.1, 0.15) is 12.1 Å². The molecular formula is C14H19N5O2. The third-order valence-corrected chi connectivity index (χ3v) is 3.47. The van der Waals surface area contributed by atoms with Crippen molar-refractivity contribution in [1.29, 1.82) is 0 Å². The second kappa shape index (κ2) is 6.45. The van der Waals surface area contributed by atoms with Gasteiger partial charge in [0, 0.05) is 36.7 Å². The van der Waals surface area contributed by atoms with E-state index in [2.05, 4.69) is 41.1 Å². The Morgan fingerprint density at radius 3 is 2.81 bits per heavy atom. The van der Waals surface area contributed by atoms with Crippen molar-refractivity contribution in [3.8, 4) is 0 Å². The van der Waals surface area contributed by atoms with Crippen LogP contribution in [0.3, 0.4) is 0 Å². The van der Waals surface area contributed by atoms with E-state index in [0.29, 0.717) is 29.3 Å². The summed E-state index contributed by atoms with van der Waals surface area (Å²) in [5.41, 5.74) is 0.731. The molecule has 0 bridgehead atoms. The Hall–Kier alpha value is -2.28. The van der Waals surface area contributed by atoms with Crippen LogP contribution in [0.15, 0.2) is 24.5 Å². The topological polar surface area (TPSA) is 84.2 Å². The number of aromatic nitrogens is 2. The van der Waals surface area contributed by atoms with E-state index < -0.39 is 4.92 Å². The number of hydrogen-bond acceptors (Lipinski definition) is 6. The highest BCUT2D eigenvalue weighted by atomic mass is 16.6. The summed E-state index contributed by atoms with van der Waals surface area (Å²) in [5.74, 6) is 0.626. The van der Waals surface area contributed by atoms with Crippen LogP contribution in [-0.4, -0.2) is 46.0 Å². The fourth-order valence-corrected chi connectivity index (χ4v) is 1.91. The molecule has 21 heavy (non-hydrogen) atoms. The molecule has 0 aliphatic rings. The van der Waals surface area contributed by atoms with E-state index in [4.69, 9.17) is 0 Å². The number of nitro benzene ring substituents is 1. The smallest absolute Gasteiger partial charge is 0.270 e. The maximum atomic E-state index is 10.9. The van der Waals surface area contributed by atoms with Crippen LogP contribution in [0, 0.1) is 10.1 Å². The van der Waals surface area contributed by atoms with Crippen molar-refractivity contribution in [1.82, 2.24) is 14.9 Å². The molecule has 112 valence electrons. The van der Waals surface area contributed by atoms with Gasteiger partial charge in [-0.25, -0.2) is 9.97 Å². The normalized spacial score (nSPS) is 11.3. The molecule has 0 spiro atoms. The van der Waals surface area contributed by atoms with Crippen molar-refractivity contribution in [2.24, 2.45) is 0 Å². The number of fused-ring (bicyclic) bond motifs is 1. The molecule has 0 unspecified atom stereocenters. The molecule has 7 nitrogen and oxygen atoms in total. The van der Waals surface area contributed by atoms with Gasteiger partial charge in [-0.05, 0) is 27.0 Å². The third-order valence-electron chi connectivity index (χ3n) is 3.47. The number of rotatable bonds is 6. The second-order valence-corrected chi connectivity index (χ2v) is 5.18. The van der Waals surface area contributed by atoms with Crippen LogP contribution in [0.5, 0.6) is 0 Å². The van der Waals surface area contributed by atoms with E-state index in [1.807, 2.05) is 0 Å². The second-order valence-electron chi connectivity index (χ2n) is 5.18. The maximum Gasteiger partial charge on any atom is 0.270 e. The molecule has 1 heterocycles. The highest BCUT2D eigenvalue weighted by Gasteiger charge is 2.10. The summed E-state index contributed by atoms with van der Waals surface area (Å²) < 4.78 is 0. The Bertz CT molecular complexity index is 644. The minimum Gasteiger partial charge on any atom is -0.368 e. The van der Waals surface area contributed by atoms with Gasteiger partial charge in [-0.3, -0.25) is 10.1 Å². The summed E-state index contributed by atoms with van der Waals surface area (Å²) in [6, 6.07) is 5.06. The number of nitrogens with zero attached hydrogens (tertiary/aromatic N) is 4. The number of hydrogen-bond donors (Lipinski definition) is 1. The zero-order valence-electron chi connectivity index (χ0n) is 12.4. The third kappa shape index (κ3) is 3.63. The lowest BCUT2D eigenvalue weighted by Gasteiger charge is -2.21. The van der Waals surface area contributed by atoms with E-state index in [1.54, 1.807) is 6.07 Å². The van der Waals surface area contributed by atoms with E-state index in [-0.39, 0.29) is 5.69 Å². The molecule has 0 amide bonds. The number of anilines is 1. The van der Waals surface area contributed by atoms with Gasteiger partial charge in [0.25, 0.3) is 5.69 Å². The largest absolute Gasteiger partial charge is 0.368 e. The van der Waals surface area contributed by atoms with E-state index in [9.17, 15) is 10.1 Å². The zero-order chi connectivity index (χ0) is 15.4. The molecule has 0 radical (unpaired) electrons. The Morgan fingerprint density at radius 1 is 1.38 bits per heavy atom. The lowest BCUT2D eigenvalue weighted by Crippen LogP contribution is -2.31. The zero-order valence-corrected chi connectivity index (χ0v) is 12.4. The van der Waals surface area contributed by atoms with Gasteiger partial charge in [-0.1, -0.05) is 0 Å². The van der Waals surface area contributed by atoms with Crippen molar-refractivity contribution >= 4 is 22.4 Å². The van der Waals surface area contributed by atoms with Gasteiger partial charge in [0.15, 0.2) is 0 Å². The van der Waals surface area contributed by atoms with Crippen molar-refractivity contribution in [2.75, 3.05) is 25.5 Å². The van der Waals surface area contributed by atoms with Crippen LogP contribution in [0.2, 0.25) is 0 Å². The van der Waals surface area contributed by atoms with Crippen LogP contribution < -0.4 is 5.32 Å². The lowest BCUT2D eigenvalue weighted by atomic mass is 10.2. The minimum absolute atomic E-state index is 0.0413. The predicted octanol–water partition coefficient (Wildman–Crippen LogP) is 2.29. The summed E-state index contributed by atoms with van der Waals surface area (Å²) in [7, 11) is 2.05. The number of likely N-dealkylation sites (N-methyl/N-ethyl adjacent to an activating group) is 1. The summed E-state index contributed by atoms with van der Waals surface area (Å²) in [4.78, 5) is 21.0. The molecule has 0 fully saturated rings. The first-order valence-corrected chi connectivity index (χ1v) is 6.82. The molecule has 0 aliphatic carbocycles. The summed E-state index contributed by atoms with van der Waals surface area (Å²) >= 11 is 0. The van der Waals surface area contributed by atoms with Gasteiger partial charge in [-0.15, -0.1) is 0 Å². The fourth-order valence-electron chi connectivity index (χ4n) is 1.91. The quantitative estimate of drug-likeness (QED) is 0.649. The molecule has 1 aromatic carbocycles. The van der Waals surface area contributed by atoms with Crippen LogP contribution >= 0.6 is 0 Å². The molecule has 2 aromatic rings. The van der Waals surface area contributed by atoms with Crippen LogP contribution in [0.25, 0.3) is 10.9 Å². The maximum absolute atomic E-state index is 10.9. The van der Waals surface area contributed by atoms with E-state index in [1.165, 1.54) is 18.5 Å². The van der Waals surface area contributed by atoms with Crippen LogP contribution in [-0.2, 0) is 0 Å². The highest BCUT2D eigenvalue weighted by Crippen LogP contribution is 2.24. The fraction of sp³-hybridized carbons (Fsp3) is 0.429. The molecule has 0 saturated carbocycles. The van der Waals surface area contributed by atoms with E-state index in [0.717, 1.165) is 6.54 Å². The lowest BCUT2D eigenvalue weighted by molar-refractivity contribution is -0.384. The highest BCUT2D eigenvalue weighted by molar-refractivity contribution is 5.90. The summed E-state index contributed by atoms with van der Waals surface area (Å²) in [6.07, 6.45) is 1.46. The Labute approximate surface area is 123 Å². The minimum atomic E-state index is -0.414. The average Bonchev–Trinajstić information content (AvgIpc) is 2.46. The molecular weight excluding hydrogens is 270 g/mol. The number of nitro groups is 1. The standard InChI is InChI=1S/C14H19N5O2/c1-10(2)18(3)7-6-15-14-12-8-11(19(20)21)4-5-13(12)16-9-17-14/h4-5,8-10H,6-7H2,1-3H3,(H,15,16,17). The van der Waals surface area contributed by atoms with E-state index >= 15 is 0 Å². The van der Waals surface area contributed by atoms with Crippen LogP contribution in [0.1, 0.15) is 13.8 Å². The number of benzene rings is 1. The van der Waals surface area contributed by atoms with Gasteiger partial charge in [0.2, 0.25) is 0 Å². The van der Waals surface area contributed by atoms with Gasteiger partial charge < -0.3 is 10.2 Å². The Kier molecular flexibility index (Phi) is 4.64. The number of non-ortho nitro benzene ring substituents is 1. The van der Waals surface area contributed by atoms with Gasteiger partial charge >= 0.3 is 0 Å². The van der Waals surface area contributed by atoms with Gasteiger partial charge in [-0.2, -0.15) is 0 Å². The first-order chi connectivity index (χ1) is 9.99. The molecule has 0 atom stereocenters. The molecule has 0 saturated heterocycles. The van der Waals surface area contributed by atoms with Crippen LogP contribution in [0.4, 0.5) is 11.5 Å². The molecule has 7 heteroatoms. The molecule has 0 aliphatic heterocycles. The monoisotopic (exact) mass is 289 g/mol. The van der Waals surface area contributed by atoms with Crippen molar-refractivity contribution in [2.45, 2.75) is 19.9 Å². The average molecular weight is 289 g/mol. The first-order valence-electron chi connectivity index (χ1n) is 6.82. The van der Waals surface area contributed by atoms with Crippen molar-refractivity contribution < 1.29 is 4.92 Å². The first kappa shape index (κ1) is 15.1. The molecule has 1 aromatic heterocycles. The summed E-state index contributed by atoms with van der Waals surface area (Å²) in [5, 5.41) is 14.8. The summed E-state index contributed by atoms with van der Waals surface area (Å²) in [6.45, 7) is 5.83. The predicted molar refractivity (Wildman–Crippen MR) is 82.4 cm³/mol. The van der Waals surface area contributed by atoms with Crippen molar-refractivity contribution in [3.05, 3.63) is 34.6 Å². The van der Waals surface area contributed by atoms with Gasteiger partial charge in [0.05, 0.1) is 10.4 Å². The Balaban J connectivity index is 2.19. The van der Waals surface area contributed by atoms with Crippen molar-refractivity contribution in [3.63, 3.8) is 0 Å². The SMILES string of the molecule is CC(C)N(C)CCNc1ncnc2ccc([N+](=O)[O-])cc12. The molecule has 2 rings (SSSR count). The Morgan fingerprint density at radius 2 is 2.14 bits per heavy atom. The molecule has 1 N–H and O–H groups in total. The number of nitrogens with one attached hydrogen (secondary N) is 1.